The quantitative estimate of drug-likeness (QED) is 0.805. The van der Waals surface area contributed by atoms with Crippen molar-refractivity contribution in [1.29, 1.82) is 0 Å². The van der Waals surface area contributed by atoms with E-state index in [0.29, 0.717) is 31.9 Å². The van der Waals surface area contributed by atoms with Gasteiger partial charge >= 0.3 is 0 Å². The van der Waals surface area contributed by atoms with E-state index in [9.17, 15) is 13.2 Å². The number of carbonyl (C=O) groups excluding carboxylic acids is 1. The lowest BCUT2D eigenvalue weighted by molar-refractivity contribution is 0.0741. The molecule has 2 N–H and O–H groups in total. The van der Waals surface area contributed by atoms with E-state index in [-0.39, 0.29) is 16.5 Å². The van der Waals surface area contributed by atoms with Crippen LogP contribution in [0, 0.1) is 0 Å². The van der Waals surface area contributed by atoms with Crippen LogP contribution in [0.2, 0.25) is 0 Å². The molecule has 1 saturated heterocycles. The van der Waals surface area contributed by atoms with Crippen molar-refractivity contribution in [3.05, 3.63) is 23.8 Å². The Morgan fingerprint density at radius 2 is 2.00 bits per heavy atom. The van der Waals surface area contributed by atoms with E-state index in [1.54, 1.807) is 4.90 Å². The van der Waals surface area contributed by atoms with Gasteiger partial charge in [0.2, 0.25) is 0 Å². The van der Waals surface area contributed by atoms with E-state index in [1.165, 1.54) is 18.2 Å². The number of rotatable bonds is 2. The molecule has 1 aliphatic heterocycles. The van der Waals surface area contributed by atoms with Gasteiger partial charge in [0.25, 0.3) is 5.91 Å². The minimum Gasteiger partial charge on any atom is -0.399 e. The Labute approximate surface area is 118 Å². The monoisotopic (exact) mass is 298 g/mol. The fourth-order valence-corrected chi connectivity index (χ4v) is 2.78. The van der Waals surface area contributed by atoms with Gasteiger partial charge in [0.05, 0.1) is 11.5 Å². The highest BCUT2D eigenvalue weighted by molar-refractivity contribution is 7.90. The molecule has 1 aliphatic rings. The Kier molecular flexibility index (Phi) is 4.29. The molecule has 0 radical (unpaired) electrons. The number of nitrogens with two attached hydrogens (primary N) is 1. The molecule has 1 aromatic carbocycles. The molecule has 20 heavy (non-hydrogen) atoms. The van der Waals surface area contributed by atoms with Crippen LogP contribution < -0.4 is 5.73 Å². The lowest BCUT2D eigenvalue weighted by Gasteiger charge is -2.20. The smallest absolute Gasteiger partial charge is 0.254 e. The zero-order valence-electron chi connectivity index (χ0n) is 11.3. The molecule has 1 amide bonds. The van der Waals surface area contributed by atoms with Crippen LogP contribution in [0.25, 0.3) is 0 Å². The predicted molar refractivity (Wildman–Crippen MR) is 75.3 cm³/mol. The summed E-state index contributed by atoms with van der Waals surface area (Å²) in [4.78, 5) is 14.1. The van der Waals surface area contributed by atoms with Gasteiger partial charge in [0, 0.05) is 37.2 Å². The van der Waals surface area contributed by atoms with Crippen LogP contribution in [-0.4, -0.2) is 51.8 Å². The highest BCUT2D eigenvalue weighted by Crippen LogP contribution is 2.18. The van der Waals surface area contributed by atoms with E-state index in [2.05, 4.69) is 0 Å². The maximum absolute atomic E-state index is 12.4. The van der Waals surface area contributed by atoms with Gasteiger partial charge in [0.15, 0.2) is 9.84 Å². The normalized spacial score (nSPS) is 16.8. The second-order valence-corrected chi connectivity index (χ2v) is 6.84. The van der Waals surface area contributed by atoms with Crippen LogP contribution in [0.5, 0.6) is 0 Å². The number of carbonyl (C=O) groups is 1. The van der Waals surface area contributed by atoms with Gasteiger partial charge in [-0.25, -0.2) is 8.42 Å². The Balaban J connectivity index is 2.32. The molecule has 110 valence electrons. The maximum atomic E-state index is 12.4. The standard InChI is InChI=1S/C13H18N2O4S/c1-20(17,18)12-8-10(7-11(14)9-12)13(16)15-3-2-5-19-6-4-15/h7-9H,2-6,14H2,1H3. The molecule has 0 spiro atoms. The summed E-state index contributed by atoms with van der Waals surface area (Å²) in [6.45, 7) is 2.23. The van der Waals surface area contributed by atoms with Crippen molar-refractivity contribution < 1.29 is 17.9 Å². The van der Waals surface area contributed by atoms with Gasteiger partial charge in [-0.1, -0.05) is 0 Å². The zero-order chi connectivity index (χ0) is 14.8. The van der Waals surface area contributed by atoms with Gasteiger partial charge in [-0.05, 0) is 24.6 Å². The predicted octanol–water partition coefficient (Wildman–Crippen LogP) is 0.535. The minimum absolute atomic E-state index is 0.0620. The molecular weight excluding hydrogens is 280 g/mol. The number of hydrogen-bond donors (Lipinski definition) is 1. The number of anilines is 1. The van der Waals surface area contributed by atoms with Crippen LogP contribution >= 0.6 is 0 Å². The van der Waals surface area contributed by atoms with Crippen LogP contribution in [0.1, 0.15) is 16.8 Å². The molecule has 0 unspecified atom stereocenters. The lowest BCUT2D eigenvalue weighted by atomic mass is 10.1. The molecule has 2 rings (SSSR count). The van der Waals surface area contributed by atoms with Crippen LogP contribution in [0.15, 0.2) is 23.1 Å². The maximum Gasteiger partial charge on any atom is 0.254 e. The second-order valence-electron chi connectivity index (χ2n) is 4.82. The summed E-state index contributed by atoms with van der Waals surface area (Å²) in [6.07, 6.45) is 1.86. The van der Waals surface area contributed by atoms with Crippen molar-refractivity contribution in [3.63, 3.8) is 0 Å². The van der Waals surface area contributed by atoms with E-state index < -0.39 is 9.84 Å². The lowest BCUT2D eigenvalue weighted by Crippen LogP contribution is -2.33. The van der Waals surface area contributed by atoms with Crippen molar-refractivity contribution in [3.8, 4) is 0 Å². The third-order valence-corrected chi connectivity index (χ3v) is 4.21. The van der Waals surface area contributed by atoms with Gasteiger partial charge in [-0.3, -0.25) is 4.79 Å². The molecule has 1 fully saturated rings. The molecule has 0 saturated carbocycles. The molecule has 1 aromatic rings. The first-order valence-electron chi connectivity index (χ1n) is 6.35. The van der Waals surface area contributed by atoms with Crippen molar-refractivity contribution >= 4 is 21.4 Å². The summed E-state index contributed by atoms with van der Waals surface area (Å²) in [6, 6.07) is 4.24. The first-order valence-corrected chi connectivity index (χ1v) is 8.25. The molecule has 0 aliphatic carbocycles. The number of nitrogen functional groups attached to an aromatic ring is 1. The van der Waals surface area contributed by atoms with Gasteiger partial charge in [0.1, 0.15) is 0 Å². The van der Waals surface area contributed by atoms with E-state index >= 15 is 0 Å². The average Bonchev–Trinajstić information content (AvgIpc) is 2.65. The fraction of sp³-hybridized carbons (Fsp3) is 0.462. The Morgan fingerprint density at radius 3 is 2.70 bits per heavy atom. The van der Waals surface area contributed by atoms with Crippen molar-refractivity contribution in [1.82, 2.24) is 4.90 Å². The Morgan fingerprint density at radius 1 is 1.25 bits per heavy atom. The van der Waals surface area contributed by atoms with Crippen molar-refractivity contribution in [2.45, 2.75) is 11.3 Å². The summed E-state index contributed by atoms with van der Waals surface area (Å²) in [5.41, 5.74) is 6.26. The number of nitrogens with zero attached hydrogens (tertiary/aromatic N) is 1. The number of ether oxygens (including phenoxy) is 1. The molecular formula is C13H18N2O4S. The third-order valence-electron chi connectivity index (χ3n) is 3.11. The summed E-state index contributed by atoms with van der Waals surface area (Å²) < 4.78 is 28.5. The Hall–Kier alpha value is -1.60. The van der Waals surface area contributed by atoms with Gasteiger partial charge < -0.3 is 15.4 Å². The Bertz CT molecular complexity index is 605. The van der Waals surface area contributed by atoms with Crippen LogP contribution in [0.4, 0.5) is 5.69 Å². The summed E-state index contributed by atoms with van der Waals surface area (Å²) in [7, 11) is -3.39. The SMILES string of the molecule is CS(=O)(=O)c1cc(N)cc(C(=O)N2CCCOCC2)c1. The molecule has 0 aromatic heterocycles. The summed E-state index contributed by atoms with van der Waals surface area (Å²) >= 11 is 0. The van der Waals surface area contributed by atoms with E-state index in [1.807, 2.05) is 0 Å². The molecule has 1 heterocycles. The van der Waals surface area contributed by atoms with E-state index in [4.69, 9.17) is 10.5 Å². The van der Waals surface area contributed by atoms with Crippen LogP contribution in [-0.2, 0) is 14.6 Å². The number of hydrogen-bond acceptors (Lipinski definition) is 5. The average molecular weight is 298 g/mol. The minimum atomic E-state index is -3.39. The summed E-state index contributed by atoms with van der Waals surface area (Å²) in [5.74, 6) is -0.215. The third kappa shape index (κ3) is 3.49. The van der Waals surface area contributed by atoms with E-state index in [0.717, 1.165) is 12.7 Å². The van der Waals surface area contributed by atoms with Crippen molar-refractivity contribution in [2.24, 2.45) is 0 Å². The highest BCUT2D eigenvalue weighted by atomic mass is 32.2. The first-order chi connectivity index (χ1) is 9.38. The first kappa shape index (κ1) is 14.8. The molecule has 0 bridgehead atoms. The molecule has 0 atom stereocenters. The molecule has 6 nitrogen and oxygen atoms in total. The highest BCUT2D eigenvalue weighted by Gasteiger charge is 2.20. The number of benzene rings is 1. The number of amides is 1. The van der Waals surface area contributed by atoms with Gasteiger partial charge in [-0.2, -0.15) is 0 Å². The largest absolute Gasteiger partial charge is 0.399 e. The zero-order valence-corrected chi connectivity index (χ0v) is 12.1. The van der Waals surface area contributed by atoms with Crippen molar-refractivity contribution in [2.75, 3.05) is 38.3 Å². The number of sulfone groups is 1. The van der Waals surface area contributed by atoms with Gasteiger partial charge in [-0.15, -0.1) is 0 Å². The molecule has 7 heteroatoms. The summed E-state index contributed by atoms with van der Waals surface area (Å²) in [5, 5.41) is 0. The second kappa shape index (κ2) is 5.80. The topological polar surface area (TPSA) is 89.7 Å². The van der Waals surface area contributed by atoms with Crippen LogP contribution in [0.3, 0.4) is 0 Å². The fourth-order valence-electron chi connectivity index (χ4n) is 2.09.